The molecule has 1 N–H and O–H groups in total. The SMILES string of the molecule is CC(CNC(=O)c1ccc(-c2noc(C(F)(F)F)n2)cc1)=NOCc1ccccc1Cl. The first-order valence-corrected chi connectivity index (χ1v) is 9.30. The number of carbonyl (C=O) groups excluding carboxylic acids is 1. The molecule has 31 heavy (non-hydrogen) atoms. The number of aromatic nitrogens is 2. The molecule has 2 aromatic carbocycles. The van der Waals surface area contributed by atoms with Crippen molar-refractivity contribution in [3.8, 4) is 11.4 Å². The van der Waals surface area contributed by atoms with Crippen LogP contribution in [0.25, 0.3) is 11.4 Å². The fourth-order valence-corrected chi connectivity index (χ4v) is 2.59. The Hall–Kier alpha value is -3.40. The third-order valence-corrected chi connectivity index (χ3v) is 4.35. The lowest BCUT2D eigenvalue weighted by Gasteiger charge is -2.06. The highest BCUT2D eigenvalue weighted by molar-refractivity contribution is 6.31. The van der Waals surface area contributed by atoms with Gasteiger partial charge in [0.05, 0.1) is 12.3 Å². The van der Waals surface area contributed by atoms with Gasteiger partial charge in [-0.25, -0.2) is 0 Å². The summed E-state index contributed by atoms with van der Waals surface area (Å²) in [4.78, 5) is 20.8. The van der Waals surface area contributed by atoms with Gasteiger partial charge in [0.1, 0.15) is 6.61 Å². The Labute approximate surface area is 179 Å². The monoisotopic (exact) mass is 452 g/mol. The highest BCUT2D eigenvalue weighted by atomic mass is 35.5. The van der Waals surface area contributed by atoms with Gasteiger partial charge in [0.2, 0.25) is 5.82 Å². The topological polar surface area (TPSA) is 89.6 Å². The number of hydrogen-bond acceptors (Lipinski definition) is 6. The van der Waals surface area contributed by atoms with Crippen molar-refractivity contribution in [1.29, 1.82) is 0 Å². The molecule has 0 saturated heterocycles. The predicted octanol–water partition coefficient (Wildman–Crippen LogP) is 4.73. The summed E-state index contributed by atoms with van der Waals surface area (Å²) in [5.74, 6) is -2.05. The Bertz CT molecular complexity index is 1080. The maximum atomic E-state index is 12.5. The van der Waals surface area contributed by atoms with E-state index in [1.165, 1.54) is 24.3 Å². The van der Waals surface area contributed by atoms with Crippen molar-refractivity contribution in [3.05, 3.63) is 70.6 Å². The Balaban J connectivity index is 1.52. The van der Waals surface area contributed by atoms with Crippen LogP contribution in [-0.2, 0) is 17.6 Å². The van der Waals surface area contributed by atoms with E-state index >= 15 is 0 Å². The van der Waals surface area contributed by atoms with Crippen LogP contribution in [0.15, 0.2) is 58.2 Å². The van der Waals surface area contributed by atoms with Gasteiger partial charge < -0.3 is 14.7 Å². The van der Waals surface area contributed by atoms with E-state index in [1.54, 1.807) is 13.0 Å². The van der Waals surface area contributed by atoms with Gasteiger partial charge in [-0.2, -0.15) is 18.2 Å². The third-order valence-electron chi connectivity index (χ3n) is 3.98. The number of nitrogens with zero attached hydrogens (tertiary/aromatic N) is 3. The van der Waals surface area contributed by atoms with Gasteiger partial charge in [-0.15, -0.1) is 0 Å². The van der Waals surface area contributed by atoms with Crippen LogP contribution in [0.3, 0.4) is 0 Å². The van der Waals surface area contributed by atoms with Gasteiger partial charge in [-0.3, -0.25) is 4.79 Å². The summed E-state index contributed by atoms with van der Waals surface area (Å²) in [7, 11) is 0. The van der Waals surface area contributed by atoms with Crippen LogP contribution < -0.4 is 5.32 Å². The highest BCUT2D eigenvalue weighted by Gasteiger charge is 2.38. The van der Waals surface area contributed by atoms with E-state index in [1.807, 2.05) is 18.2 Å². The molecule has 0 atom stereocenters. The standard InChI is InChI=1S/C20H16ClF3N4O3/c1-12(27-30-11-15-4-2-3-5-16(15)21)10-25-18(29)14-8-6-13(7-9-14)17-26-19(31-28-17)20(22,23)24/h2-9H,10-11H2,1H3,(H,25,29). The zero-order chi connectivity index (χ0) is 22.4. The fraction of sp³-hybridized carbons (Fsp3) is 0.200. The van der Waals surface area contributed by atoms with Crippen LogP contribution in [0, 0.1) is 0 Å². The number of rotatable bonds is 7. The van der Waals surface area contributed by atoms with Crippen LogP contribution in [0.4, 0.5) is 13.2 Å². The van der Waals surface area contributed by atoms with E-state index in [0.717, 1.165) is 5.56 Å². The number of halogens is 4. The predicted molar refractivity (Wildman–Crippen MR) is 106 cm³/mol. The molecule has 11 heteroatoms. The number of nitrogens with one attached hydrogen (secondary N) is 1. The number of benzene rings is 2. The number of hydrogen-bond donors (Lipinski definition) is 1. The molecule has 3 rings (SSSR count). The second-order valence-corrected chi connectivity index (χ2v) is 6.78. The molecule has 0 fully saturated rings. The minimum Gasteiger partial charge on any atom is -0.391 e. The molecule has 0 spiro atoms. The van der Waals surface area contributed by atoms with Crippen LogP contribution >= 0.6 is 11.6 Å². The maximum absolute atomic E-state index is 12.5. The minimum atomic E-state index is -4.72. The van der Waals surface area contributed by atoms with Crippen molar-refractivity contribution < 1.29 is 27.3 Å². The Morgan fingerprint density at radius 1 is 1.19 bits per heavy atom. The molecule has 0 aliphatic heterocycles. The second kappa shape index (κ2) is 9.61. The second-order valence-electron chi connectivity index (χ2n) is 6.37. The summed E-state index contributed by atoms with van der Waals surface area (Å²) >= 11 is 6.03. The zero-order valence-corrected chi connectivity index (χ0v) is 16.9. The van der Waals surface area contributed by atoms with Crippen molar-refractivity contribution in [2.24, 2.45) is 5.16 Å². The molecule has 1 amide bonds. The van der Waals surface area contributed by atoms with Crippen LogP contribution in [0.2, 0.25) is 5.02 Å². The van der Waals surface area contributed by atoms with E-state index in [0.29, 0.717) is 16.3 Å². The lowest BCUT2D eigenvalue weighted by atomic mass is 10.1. The number of oxime groups is 1. The summed E-state index contributed by atoms with van der Waals surface area (Å²) < 4.78 is 41.8. The van der Waals surface area contributed by atoms with E-state index in [9.17, 15) is 18.0 Å². The molecule has 1 heterocycles. The van der Waals surface area contributed by atoms with E-state index < -0.39 is 18.0 Å². The van der Waals surface area contributed by atoms with Gasteiger partial charge in [0.15, 0.2) is 0 Å². The molecule has 0 bridgehead atoms. The van der Waals surface area contributed by atoms with E-state index in [4.69, 9.17) is 16.4 Å². The van der Waals surface area contributed by atoms with E-state index in [-0.39, 0.29) is 24.5 Å². The first kappa shape index (κ1) is 22.3. The van der Waals surface area contributed by atoms with Gasteiger partial charge in [-0.05, 0) is 25.1 Å². The largest absolute Gasteiger partial charge is 0.471 e. The summed E-state index contributed by atoms with van der Waals surface area (Å²) in [5.41, 5.74) is 1.90. The summed E-state index contributed by atoms with van der Waals surface area (Å²) in [5, 5.41) is 10.5. The molecule has 162 valence electrons. The van der Waals surface area contributed by atoms with Gasteiger partial charge >= 0.3 is 12.1 Å². The molecule has 7 nitrogen and oxygen atoms in total. The van der Waals surface area contributed by atoms with Crippen LogP contribution in [-0.4, -0.2) is 28.3 Å². The number of amides is 1. The summed E-state index contributed by atoms with van der Waals surface area (Å²) in [6.07, 6.45) is -4.72. The molecule has 0 unspecified atom stereocenters. The van der Waals surface area contributed by atoms with Crippen LogP contribution in [0.5, 0.6) is 0 Å². The Kier molecular flexibility index (Phi) is 6.91. The van der Waals surface area contributed by atoms with Gasteiger partial charge in [-0.1, -0.05) is 52.2 Å². The van der Waals surface area contributed by atoms with Gasteiger partial charge in [0.25, 0.3) is 5.91 Å². The molecule has 0 aliphatic rings. The number of alkyl halides is 3. The molecule has 3 aromatic rings. The Morgan fingerprint density at radius 3 is 2.55 bits per heavy atom. The zero-order valence-electron chi connectivity index (χ0n) is 16.1. The quantitative estimate of drug-likeness (QED) is 0.413. The average molecular weight is 453 g/mol. The molecule has 1 aromatic heterocycles. The molecule has 0 radical (unpaired) electrons. The minimum absolute atomic E-state index is 0.142. The fourth-order valence-electron chi connectivity index (χ4n) is 2.40. The van der Waals surface area contributed by atoms with Crippen molar-refractivity contribution in [2.45, 2.75) is 19.7 Å². The maximum Gasteiger partial charge on any atom is 0.471 e. The number of carbonyl (C=O) groups is 1. The Morgan fingerprint density at radius 2 is 1.90 bits per heavy atom. The smallest absolute Gasteiger partial charge is 0.391 e. The van der Waals surface area contributed by atoms with E-state index in [2.05, 4.69) is 25.1 Å². The average Bonchev–Trinajstić information content (AvgIpc) is 3.24. The van der Waals surface area contributed by atoms with Gasteiger partial charge in [0, 0.05) is 21.7 Å². The molecule has 0 saturated carbocycles. The normalized spacial score (nSPS) is 12.0. The van der Waals surface area contributed by atoms with Crippen molar-refractivity contribution in [1.82, 2.24) is 15.5 Å². The summed E-state index contributed by atoms with van der Waals surface area (Å²) in [6.45, 7) is 2.02. The molecular weight excluding hydrogens is 437 g/mol. The van der Waals surface area contributed by atoms with Crippen molar-refractivity contribution in [2.75, 3.05) is 6.54 Å². The third kappa shape index (κ3) is 6.05. The van der Waals surface area contributed by atoms with Crippen molar-refractivity contribution >= 4 is 23.2 Å². The van der Waals surface area contributed by atoms with Crippen molar-refractivity contribution in [3.63, 3.8) is 0 Å². The lowest BCUT2D eigenvalue weighted by Crippen LogP contribution is -2.28. The lowest BCUT2D eigenvalue weighted by molar-refractivity contribution is -0.159. The highest BCUT2D eigenvalue weighted by Crippen LogP contribution is 2.29. The first-order valence-electron chi connectivity index (χ1n) is 8.92. The molecular formula is C20H16ClF3N4O3. The first-order chi connectivity index (χ1) is 14.7. The molecule has 0 aliphatic carbocycles. The van der Waals surface area contributed by atoms with Crippen LogP contribution in [0.1, 0.15) is 28.7 Å². The summed E-state index contributed by atoms with van der Waals surface area (Å²) in [6, 6.07) is 12.9.